The molecule has 3 heteroatoms. The Labute approximate surface area is 89.4 Å². The van der Waals surface area contributed by atoms with Crippen molar-refractivity contribution in [2.24, 2.45) is 5.92 Å². The first-order valence-corrected chi connectivity index (χ1v) is 5.16. The van der Waals surface area contributed by atoms with E-state index in [4.69, 9.17) is 4.74 Å². The van der Waals surface area contributed by atoms with Gasteiger partial charge in [-0.3, -0.25) is 4.79 Å². The van der Waals surface area contributed by atoms with E-state index in [1.165, 1.54) is 18.2 Å². The minimum absolute atomic E-state index is 0.0568. The molecule has 0 spiro atoms. The number of ether oxygens (including phenoxy) is 1. The Hall–Kier alpha value is -1.35. The Balaban J connectivity index is 2.21. The van der Waals surface area contributed by atoms with Crippen molar-refractivity contribution >= 4 is 5.97 Å². The molecule has 1 aromatic carbocycles. The Kier molecular flexibility index (Phi) is 3.02. The minimum Gasteiger partial charge on any atom is -0.469 e. The second kappa shape index (κ2) is 4.45. The van der Waals surface area contributed by atoms with Crippen LogP contribution in [0.5, 0.6) is 0 Å². The molecule has 1 aliphatic heterocycles. The molecule has 15 heavy (non-hydrogen) atoms. The van der Waals surface area contributed by atoms with Crippen LogP contribution in [0, 0.1) is 5.92 Å². The predicted molar refractivity (Wildman–Crippen MR) is 57.4 cm³/mol. The molecule has 0 bridgehead atoms. The SMILES string of the molecule is COC(=O)C1CNCc2ccccc2C1. The molecule has 0 aliphatic carbocycles. The summed E-state index contributed by atoms with van der Waals surface area (Å²) in [4.78, 5) is 11.5. The number of benzene rings is 1. The summed E-state index contributed by atoms with van der Waals surface area (Å²) in [5, 5.41) is 3.27. The summed E-state index contributed by atoms with van der Waals surface area (Å²) in [7, 11) is 1.44. The van der Waals surface area contributed by atoms with Gasteiger partial charge in [-0.1, -0.05) is 24.3 Å². The fourth-order valence-electron chi connectivity index (χ4n) is 1.98. The van der Waals surface area contributed by atoms with Crippen LogP contribution in [0.15, 0.2) is 24.3 Å². The van der Waals surface area contributed by atoms with E-state index in [2.05, 4.69) is 17.4 Å². The summed E-state index contributed by atoms with van der Waals surface area (Å²) >= 11 is 0. The average molecular weight is 205 g/mol. The van der Waals surface area contributed by atoms with Crippen LogP contribution in [0.25, 0.3) is 0 Å². The lowest BCUT2D eigenvalue weighted by Gasteiger charge is -2.11. The van der Waals surface area contributed by atoms with Gasteiger partial charge in [0.25, 0.3) is 0 Å². The van der Waals surface area contributed by atoms with Crippen LogP contribution < -0.4 is 5.32 Å². The lowest BCUT2D eigenvalue weighted by molar-refractivity contribution is -0.145. The Morgan fingerprint density at radius 3 is 2.87 bits per heavy atom. The normalized spacial score (nSPS) is 20.2. The van der Waals surface area contributed by atoms with Gasteiger partial charge in [0, 0.05) is 13.1 Å². The number of carbonyl (C=O) groups excluding carboxylic acids is 1. The molecule has 1 atom stereocenters. The second-order valence-electron chi connectivity index (χ2n) is 3.82. The van der Waals surface area contributed by atoms with Gasteiger partial charge in [0.2, 0.25) is 0 Å². The van der Waals surface area contributed by atoms with Gasteiger partial charge in [-0.05, 0) is 17.5 Å². The third-order valence-corrected chi connectivity index (χ3v) is 2.83. The van der Waals surface area contributed by atoms with Gasteiger partial charge < -0.3 is 10.1 Å². The van der Waals surface area contributed by atoms with E-state index in [0.29, 0.717) is 6.54 Å². The Bertz CT molecular complexity index is 362. The molecule has 3 nitrogen and oxygen atoms in total. The zero-order valence-electron chi connectivity index (χ0n) is 8.82. The van der Waals surface area contributed by atoms with Crippen LogP contribution >= 0.6 is 0 Å². The maximum atomic E-state index is 11.5. The van der Waals surface area contributed by atoms with Gasteiger partial charge in [0.05, 0.1) is 13.0 Å². The summed E-state index contributed by atoms with van der Waals surface area (Å²) in [5.41, 5.74) is 2.53. The van der Waals surface area contributed by atoms with Gasteiger partial charge in [-0.2, -0.15) is 0 Å². The van der Waals surface area contributed by atoms with Gasteiger partial charge in [0.1, 0.15) is 0 Å². The summed E-state index contributed by atoms with van der Waals surface area (Å²) < 4.78 is 4.78. The molecule has 1 aliphatic rings. The smallest absolute Gasteiger partial charge is 0.310 e. The average Bonchev–Trinajstić information content (AvgIpc) is 2.49. The first-order chi connectivity index (χ1) is 7.31. The number of nitrogens with one attached hydrogen (secondary N) is 1. The van der Waals surface area contributed by atoms with Crippen LogP contribution in [-0.4, -0.2) is 19.6 Å². The summed E-state index contributed by atoms with van der Waals surface area (Å²) in [6.45, 7) is 1.53. The quantitative estimate of drug-likeness (QED) is 0.698. The third-order valence-electron chi connectivity index (χ3n) is 2.83. The number of rotatable bonds is 1. The maximum Gasteiger partial charge on any atom is 0.310 e. The molecule has 0 amide bonds. The topological polar surface area (TPSA) is 38.3 Å². The molecular formula is C12H15NO2. The molecule has 0 saturated carbocycles. The molecule has 1 heterocycles. The number of hydrogen-bond donors (Lipinski definition) is 1. The van der Waals surface area contributed by atoms with E-state index < -0.39 is 0 Å². The zero-order valence-corrected chi connectivity index (χ0v) is 8.82. The highest BCUT2D eigenvalue weighted by atomic mass is 16.5. The van der Waals surface area contributed by atoms with Crippen molar-refractivity contribution in [1.29, 1.82) is 0 Å². The Morgan fingerprint density at radius 2 is 2.13 bits per heavy atom. The summed E-state index contributed by atoms with van der Waals surface area (Å²) in [6, 6.07) is 8.22. The minimum atomic E-state index is -0.126. The molecule has 1 unspecified atom stereocenters. The van der Waals surface area contributed by atoms with Crippen molar-refractivity contribution in [3.63, 3.8) is 0 Å². The fourth-order valence-corrected chi connectivity index (χ4v) is 1.98. The van der Waals surface area contributed by atoms with Crippen LogP contribution in [0.1, 0.15) is 11.1 Å². The molecule has 0 fully saturated rings. The predicted octanol–water partition coefficient (Wildman–Crippen LogP) is 1.12. The second-order valence-corrected chi connectivity index (χ2v) is 3.82. The molecule has 0 aromatic heterocycles. The van der Waals surface area contributed by atoms with Crippen molar-refractivity contribution < 1.29 is 9.53 Å². The summed E-state index contributed by atoms with van der Waals surface area (Å²) in [6.07, 6.45) is 0.774. The molecule has 0 radical (unpaired) electrons. The third kappa shape index (κ3) is 2.18. The van der Waals surface area contributed by atoms with Crippen molar-refractivity contribution in [1.82, 2.24) is 5.32 Å². The molecule has 80 valence electrons. The maximum absolute atomic E-state index is 11.5. The molecule has 1 aromatic rings. The molecular weight excluding hydrogens is 190 g/mol. The lowest BCUT2D eigenvalue weighted by Crippen LogP contribution is -2.28. The summed E-state index contributed by atoms with van der Waals surface area (Å²) in [5.74, 6) is -0.183. The largest absolute Gasteiger partial charge is 0.469 e. The van der Waals surface area contributed by atoms with Gasteiger partial charge in [-0.25, -0.2) is 0 Å². The first kappa shape index (κ1) is 10.2. The van der Waals surface area contributed by atoms with Crippen molar-refractivity contribution in [3.8, 4) is 0 Å². The van der Waals surface area contributed by atoms with Crippen molar-refractivity contribution in [2.45, 2.75) is 13.0 Å². The van der Waals surface area contributed by atoms with Gasteiger partial charge >= 0.3 is 5.97 Å². The Morgan fingerprint density at radius 1 is 1.40 bits per heavy atom. The first-order valence-electron chi connectivity index (χ1n) is 5.16. The highest BCUT2D eigenvalue weighted by Crippen LogP contribution is 2.17. The van der Waals surface area contributed by atoms with E-state index in [9.17, 15) is 4.79 Å². The lowest BCUT2D eigenvalue weighted by atomic mass is 9.97. The van der Waals surface area contributed by atoms with Crippen molar-refractivity contribution in [2.75, 3.05) is 13.7 Å². The number of methoxy groups -OCH3 is 1. The van der Waals surface area contributed by atoms with E-state index in [1.54, 1.807) is 0 Å². The van der Waals surface area contributed by atoms with Crippen LogP contribution in [-0.2, 0) is 22.5 Å². The fraction of sp³-hybridized carbons (Fsp3) is 0.417. The van der Waals surface area contributed by atoms with E-state index in [0.717, 1.165) is 13.0 Å². The van der Waals surface area contributed by atoms with E-state index >= 15 is 0 Å². The monoisotopic (exact) mass is 205 g/mol. The van der Waals surface area contributed by atoms with Gasteiger partial charge in [0.15, 0.2) is 0 Å². The molecule has 0 saturated heterocycles. The standard InChI is InChI=1S/C12H15NO2/c1-15-12(14)11-6-9-4-2-3-5-10(9)7-13-8-11/h2-5,11,13H,6-8H2,1H3. The number of esters is 1. The number of carbonyl (C=O) groups is 1. The number of fused-ring (bicyclic) bond motifs is 1. The highest BCUT2D eigenvalue weighted by molar-refractivity contribution is 5.73. The zero-order chi connectivity index (χ0) is 10.7. The number of hydrogen-bond acceptors (Lipinski definition) is 3. The van der Waals surface area contributed by atoms with Crippen LogP contribution in [0.3, 0.4) is 0 Å². The molecule has 2 rings (SSSR count). The van der Waals surface area contributed by atoms with Crippen LogP contribution in [0.4, 0.5) is 0 Å². The van der Waals surface area contributed by atoms with E-state index in [1.807, 2.05) is 12.1 Å². The highest BCUT2D eigenvalue weighted by Gasteiger charge is 2.22. The van der Waals surface area contributed by atoms with Gasteiger partial charge in [-0.15, -0.1) is 0 Å². The van der Waals surface area contributed by atoms with Crippen LogP contribution in [0.2, 0.25) is 0 Å². The van der Waals surface area contributed by atoms with Crippen molar-refractivity contribution in [3.05, 3.63) is 35.4 Å². The molecule has 1 N–H and O–H groups in total. The van der Waals surface area contributed by atoms with E-state index in [-0.39, 0.29) is 11.9 Å².